The zero-order chi connectivity index (χ0) is 32.6. The number of hydrogen-bond donors (Lipinski definition) is 3. The Labute approximate surface area is 268 Å². The molecule has 0 spiro atoms. The predicted molar refractivity (Wildman–Crippen MR) is 178 cm³/mol. The molecule has 1 aliphatic rings. The molecule has 1 heterocycles. The van der Waals surface area contributed by atoms with Crippen molar-refractivity contribution in [2.24, 2.45) is 11.8 Å². The lowest BCUT2D eigenvalue weighted by Crippen LogP contribution is -2.61. The highest BCUT2D eigenvalue weighted by atomic mass is 32.2. The normalized spacial score (nSPS) is 17.4. The first kappa shape index (κ1) is 34.6. The summed E-state index contributed by atoms with van der Waals surface area (Å²) in [6.07, 6.45) is 1.37. The molecule has 0 aromatic heterocycles. The van der Waals surface area contributed by atoms with Gasteiger partial charge in [-0.2, -0.15) is 4.31 Å². The summed E-state index contributed by atoms with van der Waals surface area (Å²) in [5.74, 6) is -0.625. The van der Waals surface area contributed by atoms with Crippen molar-refractivity contribution in [3.63, 3.8) is 0 Å². The van der Waals surface area contributed by atoms with Crippen molar-refractivity contribution >= 4 is 32.6 Å². The van der Waals surface area contributed by atoms with Crippen LogP contribution in [-0.2, 0) is 26.0 Å². The van der Waals surface area contributed by atoms with E-state index in [0.29, 0.717) is 13.0 Å². The topological polar surface area (TPSA) is 119 Å². The Kier molecular flexibility index (Phi) is 12.1. The molecule has 9 nitrogen and oxygen atoms in total. The van der Waals surface area contributed by atoms with Gasteiger partial charge in [0.1, 0.15) is 0 Å². The molecule has 0 saturated carbocycles. The number of hydrazine groups is 1. The van der Waals surface area contributed by atoms with E-state index < -0.39 is 28.2 Å². The van der Waals surface area contributed by atoms with Crippen LogP contribution in [0.2, 0.25) is 0 Å². The molecule has 2 amide bonds. The number of fused-ring (bicyclic) bond motifs is 1. The number of sulfonamides is 1. The highest BCUT2D eigenvalue weighted by Crippen LogP contribution is 2.25. The zero-order valence-corrected chi connectivity index (χ0v) is 27.7. The van der Waals surface area contributed by atoms with Gasteiger partial charge in [-0.3, -0.25) is 15.0 Å². The fraction of sp³-hybridized carbons (Fsp3) is 0.486. The van der Waals surface area contributed by atoms with Crippen LogP contribution in [0.1, 0.15) is 58.9 Å². The van der Waals surface area contributed by atoms with Crippen molar-refractivity contribution in [2.75, 3.05) is 19.6 Å². The number of aliphatic hydroxyl groups excluding tert-OH is 1. The van der Waals surface area contributed by atoms with Gasteiger partial charge in [-0.05, 0) is 66.1 Å². The number of carbonyl (C=O) groups is 2. The third-order valence-electron chi connectivity index (χ3n) is 8.48. The van der Waals surface area contributed by atoms with Gasteiger partial charge in [0.2, 0.25) is 15.9 Å². The molecule has 4 rings (SSSR count). The van der Waals surface area contributed by atoms with Gasteiger partial charge in [-0.1, -0.05) is 94.8 Å². The number of hydrogen-bond acceptors (Lipinski definition) is 6. The first-order valence-electron chi connectivity index (χ1n) is 16.1. The second-order valence-electron chi connectivity index (χ2n) is 12.7. The molecule has 1 fully saturated rings. The number of benzene rings is 3. The number of nitrogens with zero attached hydrogens (tertiary/aromatic N) is 2. The summed E-state index contributed by atoms with van der Waals surface area (Å²) in [4.78, 5) is 27.3. The fourth-order valence-electron chi connectivity index (χ4n) is 5.72. The van der Waals surface area contributed by atoms with Crippen LogP contribution in [0.25, 0.3) is 10.8 Å². The maximum atomic E-state index is 14.1. The average molecular weight is 637 g/mol. The number of carbonyl (C=O) groups excluding carboxylic acids is 2. The quantitative estimate of drug-likeness (QED) is 0.224. The van der Waals surface area contributed by atoms with Gasteiger partial charge < -0.3 is 10.4 Å². The lowest BCUT2D eigenvalue weighted by atomic mass is 9.98. The Hall–Kier alpha value is -3.31. The van der Waals surface area contributed by atoms with E-state index in [1.165, 1.54) is 9.31 Å². The summed E-state index contributed by atoms with van der Waals surface area (Å²) in [6.45, 7) is 8.45. The van der Waals surface area contributed by atoms with Gasteiger partial charge in [0.25, 0.3) is 5.91 Å². The molecule has 0 aliphatic carbocycles. The Morgan fingerprint density at radius 3 is 2.31 bits per heavy atom. The van der Waals surface area contributed by atoms with E-state index in [0.717, 1.165) is 29.2 Å². The molecule has 2 unspecified atom stereocenters. The smallest absolute Gasteiger partial charge is 0.255 e. The molecule has 3 N–H and O–H groups in total. The summed E-state index contributed by atoms with van der Waals surface area (Å²) in [5, 5.41) is 18.1. The third-order valence-corrected chi connectivity index (χ3v) is 10.3. The first-order valence-corrected chi connectivity index (χ1v) is 17.5. The third kappa shape index (κ3) is 9.13. The fourth-order valence-corrected chi connectivity index (χ4v) is 7.37. The van der Waals surface area contributed by atoms with Gasteiger partial charge in [0.15, 0.2) is 0 Å². The molecule has 3 aromatic rings. The first-order chi connectivity index (χ1) is 21.5. The minimum atomic E-state index is -4.02. The molecule has 0 bridgehead atoms. The SMILES string of the molecule is CC[C@H](C)CC(=O)N(NC(=O)C1CCCN1)C(Cc1ccccc1)[C@H](O)CN(CC(C)C)S(=O)(=O)c1ccc2ccccc2c1. The van der Waals surface area contributed by atoms with Crippen LogP contribution in [-0.4, -0.2) is 72.5 Å². The highest BCUT2D eigenvalue weighted by molar-refractivity contribution is 7.89. The van der Waals surface area contributed by atoms with Gasteiger partial charge in [0.05, 0.1) is 23.1 Å². The predicted octanol–water partition coefficient (Wildman–Crippen LogP) is 4.51. The maximum absolute atomic E-state index is 14.1. The molecule has 1 aliphatic heterocycles. The average Bonchev–Trinajstić information content (AvgIpc) is 3.57. The van der Waals surface area contributed by atoms with Crippen molar-refractivity contribution < 1.29 is 23.1 Å². The van der Waals surface area contributed by atoms with Crippen molar-refractivity contribution in [3.05, 3.63) is 78.4 Å². The monoisotopic (exact) mass is 636 g/mol. The van der Waals surface area contributed by atoms with E-state index >= 15 is 0 Å². The number of nitrogens with one attached hydrogen (secondary N) is 2. The largest absolute Gasteiger partial charge is 0.390 e. The van der Waals surface area contributed by atoms with Crippen molar-refractivity contribution in [3.8, 4) is 0 Å². The van der Waals surface area contributed by atoms with E-state index in [1.54, 1.807) is 18.2 Å². The summed E-state index contributed by atoms with van der Waals surface area (Å²) in [7, 11) is -4.02. The molecule has 4 atom stereocenters. The van der Waals surface area contributed by atoms with Crippen molar-refractivity contribution in [1.82, 2.24) is 20.1 Å². The van der Waals surface area contributed by atoms with Gasteiger partial charge in [-0.25, -0.2) is 13.4 Å². The minimum absolute atomic E-state index is 0.0312. The molecular weight excluding hydrogens is 588 g/mol. The Morgan fingerprint density at radius 2 is 1.67 bits per heavy atom. The zero-order valence-electron chi connectivity index (χ0n) is 26.9. The molecule has 45 heavy (non-hydrogen) atoms. The standard InChI is InChI=1S/C35H48N4O5S/c1-5-26(4)20-34(41)39(37-35(42)31-16-11-19-36-31)32(21-27-12-7-6-8-13-27)33(40)24-38(23-25(2)3)45(43,44)30-18-17-28-14-9-10-15-29(28)22-30/h6-10,12-15,17-18,22,25-26,31-33,36,40H,5,11,16,19-21,23-24H2,1-4H3,(H,37,42)/t26-,31?,32?,33+/m0/s1. The Bertz CT molecular complexity index is 1530. The Balaban J connectivity index is 1.70. The summed E-state index contributed by atoms with van der Waals surface area (Å²) in [6, 6.07) is 20.7. The van der Waals surface area contributed by atoms with Gasteiger partial charge in [0, 0.05) is 19.5 Å². The molecule has 1 saturated heterocycles. The highest BCUT2D eigenvalue weighted by Gasteiger charge is 2.37. The van der Waals surface area contributed by atoms with E-state index in [4.69, 9.17) is 0 Å². The molecule has 3 aromatic carbocycles. The molecule has 244 valence electrons. The minimum Gasteiger partial charge on any atom is -0.390 e. The lowest BCUT2D eigenvalue weighted by Gasteiger charge is -2.38. The number of aliphatic hydroxyl groups is 1. The van der Waals surface area contributed by atoms with E-state index in [2.05, 4.69) is 10.7 Å². The number of rotatable bonds is 14. The van der Waals surface area contributed by atoms with Crippen molar-refractivity contribution in [2.45, 2.75) is 82.9 Å². The van der Waals surface area contributed by atoms with Crippen LogP contribution >= 0.6 is 0 Å². The van der Waals surface area contributed by atoms with Crippen LogP contribution in [0.3, 0.4) is 0 Å². The summed E-state index contributed by atoms with van der Waals surface area (Å²) < 4.78 is 29.6. The molecule has 10 heteroatoms. The second kappa shape index (κ2) is 15.8. The van der Waals surface area contributed by atoms with Crippen LogP contribution in [0, 0.1) is 11.8 Å². The van der Waals surface area contributed by atoms with Crippen LogP contribution in [0.5, 0.6) is 0 Å². The van der Waals surface area contributed by atoms with E-state index in [1.807, 2.05) is 82.3 Å². The second-order valence-corrected chi connectivity index (χ2v) is 14.6. The summed E-state index contributed by atoms with van der Waals surface area (Å²) >= 11 is 0. The summed E-state index contributed by atoms with van der Waals surface area (Å²) in [5.41, 5.74) is 3.70. The molecule has 0 radical (unpaired) electrons. The van der Waals surface area contributed by atoms with Gasteiger partial charge >= 0.3 is 0 Å². The molecular formula is C35H48N4O5S. The van der Waals surface area contributed by atoms with Crippen LogP contribution in [0.4, 0.5) is 0 Å². The van der Waals surface area contributed by atoms with Crippen LogP contribution < -0.4 is 10.7 Å². The van der Waals surface area contributed by atoms with Crippen molar-refractivity contribution in [1.29, 1.82) is 0 Å². The van der Waals surface area contributed by atoms with E-state index in [9.17, 15) is 23.1 Å². The van der Waals surface area contributed by atoms with E-state index in [-0.39, 0.29) is 54.5 Å². The lowest BCUT2D eigenvalue weighted by molar-refractivity contribution is -0.149. The maximum Gasteiger partial charge on any atom is 0.255 e. The van der Waals surface area contributed by atoms with Gasteiger partial charge in [-0.15, -0.1) is 0 Å². The number of amides is 2. The van der Waals surface area contributed by atoms with Crippen LogP contribution in [0.15, 0.2) is 77.7 Å². The Morgan fingerprint density at radius 1 is 0.978 bits per heavy atom.